The Balaban J connectivity index is 3.70. The lowest BCUT2D eigenvalue weighted by molar-refractivity contribution is -0.0388. The summed E-state index contributed by atoms with van der Waals surface area (Å²) in [6.45, 7) is -0.0644. The van der Waals surface area contributed by atoms with Crippen LogP contribution in [0.25, 0.3) is 0 Å². The van der Waals surface area contributed by atoms with Gasteiger partial charge >= 0.3 is 0 Å². The van der Waals surface area contributed by atoms with Gasteiger partial charge in [-0.2, -0.15) is 0 Å². The van der Waals surface area contributed by atoms with Crippen LogP contribution >= 0.6 is 0 Å². The Morgan fingerprint density at radius 1 is 1.08 bits per heavy atom. The summed E-state index contributed by atoms with van der Waals surface area (Å²) in [5.41, 5.74) is 0. The van der Waals surface area contributed by atoms with Gasteiger partial charge in [-0.1, -0.05) is 0 Å². The zero-order valence-electron chi connectivity index (χ0n) is 8.09. The third-order valence-corrected chi connectivity index (χ3v) is 1.72. The zero-order valence-corrected chi connectivity index (χ0v) is 8.09. The van der Waals surface area contributed by atoms with E-state index < -0.39 is 24.9 Å². The molecule has 4 N–H and O–H groups in total. The molecular weight excluding hydrogens is 174 g/mol. The van der Waals surface area contributed by atoms with Crippen molar-refractivity contribution >= 4 is 0 Å². The summed E-state index contributed by atoms with van der Waals surface area (Å²) in [4.78, 5) is 1.78. The highest BCUT2D eigenvalue weighted by Gasteiger charge is 2.19. The van der Waals surface area contributed by atoms with Crippen LogP contribution in [0.3, 0.4) is 0 Å². The predicted octanol–water partition coefficient (Wildman–Crippen LogP) is -1.99. The Morgan fingerprint density at radius 2 is 1.62 bits per heavy atom. The quantitative estimate of drug-likeness (QED) is 0.392. The monoisotopic (exact) mass is 193 g/mol. The third kappa shape index (κ3) is 5.95. The zero-order chi connectivity index (χ0) is 10.4. The summed E-state index contributed by atoms with van der Waals surface area (Å²) in [6.07, 6.45) is -2.86. The van der Waals surface area contributed by atoms with E-state index in [1.807, 2.05) is 0 Å². The SMILES string of the molecule is CN(C)CC(O)CC(O)[C@H](O)CO. The highest BCUT2D eigenvalue weighted by atomic mass is 16.4. The van der Waals surface area contributed by atoms with Crippen molar-refractivity contribution in [1.82, 2.24) is 4.90 Å². The van der Waals surface area contributed by atoms with Gasteiger partial charge in [0.25, 0.3) is 0 Å². The van der Waals surface area contributed by atoms with Gasteiger partial charge in [-0.25, -0.2) is 0 Å². The van der Waals surface area contributed by atoms with E-state index in [4.69, 9.17) is 10.2 Å². The van der Waals surface area contributed by atoms with E-state index in [1.165, 1.54) is 0 Å². The van der Waals surface area contributed by atoms with Crippen molar-refractivity contribution < 1.29 is 20.4 Å². The fourth-order valence-electron chi connectivity index (χ4n) is 1.05. The number of nitrogens with zero attached hydrogens (tertiary/aromatic N) is 1. The Kier molecular flexibility index (Phi) is 6.19. The van der Waals surface area contributed by atoms with Crippen molar-refractivity contribution in [2.24, 2.45) is 0 Å². The number of aliphatic hydroxyl groups excluding tert-OH is 4. The van der Waals surface area contributed by atoms with Gasteiger partial charge in [-0.05, 0) is 14.1 Å². The standard InChI is InChI=1S/C8H19NO4/c1-9(2)4-6(11)3-7(12)8(13)5-10/h6-8,10-13H,3-5H2,1-2H3/t6?,7?,8-/m1/s1. The van der Waals surface area contributed by atoms with E-state index in [2.05, 4.69) is 0 Å². The lowest BCUT2D eigenvalue weighted by atomic mass is 10.1. The van der Waals surface area contributed by atoms with Crippen molar-refractivity contribution in [2.75, 3.05) is 27.2 Å². The molecule has 0 rings (SSSR count). The average Bonchev–Trinajstić information content (AvgIpc) is 2.01. The van der Waals surface area contributed by atoms with Gasteiger partial charge in [0.1, 0.15) is 6.10 Å². The molecule has 3 atom stereocenters. The molecule has 0 aliphatic carbocycles. The molecule has 13 heavy (non-hydrogen) atoms. The maximum absolute atomic E-state index is 9.34. The molecule has 0 heterocycles. The fraction of sp³-hybridized carbons (Fsp3) is 1.00. The summed E-state index contributed by atoms with van der Waals surface area (Å²) in [5.74, 6) is 0. The average molecular weight is 193 g/mol. The molecule has 0 bridgehead atoms. The van der Waals surface area contributed by atoms with E-state index in [9.17, 15) is 10.2 Å². The Hall–Kier alpha value is -0.200. The molecule has 0 saturated carbocycles. The molecule has 0 amide bonds. The molecule has 0 aliphatic heterocycles. The predicted molar refractivity (Wildman–Crippen MR) is 48.3 cm³/mol. The van der Waals surface area contributed by atoms with Gasteiger partial charge < -0.3 is 25.3 Å². The summed E-state index contributed by atoms with van der Waals surface area (Å²) in [5, 5.41) is 36.0. The molecule has 0 aromatic rings. The first kappa shape index (κ1) is 12.8. The van der Waals surface area contributed by atoms with Crippen LogP contribution in [0.1, 0.15) is 6.42 Å². The van der Waals surface area contributed by atoms with Gasteiger partial charge in [-0.15, -0.1) is 0 Å². The number of rotatable bonds is 6. The number of likely N-dealkylation sites (N-methyl/N-ethyl adjacent to an activating group) is 1. The molecule has 0 saturated heterocycles. The summed E-state index contributed by atoms with van der Waals surface area (Å²) in [6, 6.07) is 0. The van der Waals surface area contributed by atoms with Crippen LogP contribution < -0.4 is 0 Å². The van der Waals surface area contributed by atoms with E-state index in [-0.39, 0.29) is 6.42 Å². The van der Waals surface area contributed by atoms with Crippen LogP contribution in [0.2, 0.25) is 0 Å². The Labute approximate surface area is 78.2 Å². The van der Waals surface area contributed by atoms with E-state index in [1.54, 1.807) is 19.0 Å². The minimum atomic E-state index is -1.17. The summed E-state index contributed by atoms with van der Waals surface area (Å²) >= 11 is 0. The normalized spacial score (nSPS) is 18.7. The first-order chi connectivity index (χ1) is 5.97. The molecule has 0 aromatic heterocycles. The van der Waals surface area contributed by atoms with Gasteiger partial charge in [0, 0.05) is 13.0 Å². The van der Waals surface area contributed by atoms with Crippen LogP contribution in [0.4, 0.5) is 0 Å². The minimum Gasteiger partial charge on any atom is -0.394 e. The van der Waals surface area contributed by atoms with Crippen molar-refractivity contribution in [3.63, 3.8) is 0 Å². The van der Waals surface area contributed by atoms with Crippen molar-refractivity contribution in [3.8, 4) is 0 Å². The maximum Gasteiger partial charge on any atom is 0.103 e. The molecule has 5 heteroatoms. The molecular formula is C8H19NO4. The molecule has 2 unspecified atom stereocenters. The van der Waals surface area contributed by atoms with Gasteiger partial charge in [-0.3, -0.25) is 0 Å². The number of hydrogen-bond donors (Lipinski definition) is 4. The van der Waals surface area contributed by atoms with Crippen LogP contribution in [-0.2, 0) is 0 Å². The van der Waals surface area contributed by atoms with Crippen LogP contribution in [0.15, 0.2) is 0 Å². The molecule has 0 aromatic carbocycles. The highest BCUT2D eigenvalue weighted by Crippen LogP contribution is 2.03. The molecule has 0 spiro atoms. The lowest BCUT2D eigenvalue weighted by Gasteiger charge is -2.21. The topological polar surface area (TPSA) is 84.2 Å². The second-order valence-corrected chi connectivity index (χ2v) is 3.47. The third-order valence-electron chi connectivity index (χ3n) is 1.72. The second kappa shape index (κ2) is 6.28. The highest BCUT2D eigenvalue weighted by molar-refractivity contribution is 4.71. The first-order valence-corrected chi connectivity index (χ1v) is 4.27. The van der Waals surface area contributed by atoms with Crippen LogP contribution in [-0.4, -0.2) is 70.9 Å². The Bertz CT molecular complexity index is 131. The van der Waals surface area contributed by atoms with E-state index in [0.717, 1.165) is 0 Å². The minimum absolute atomic E-state index is 0.0694. The van der Waals surface area contributed by atoms with Crippen LogP contribution in [0, 0.1) is 0 Å². The molecule has 0 aliphatic rings. The van der Waals surface area contributed by atoms with Gasteiger partial charge in [0.15, 0.2) is 0 Å². The van der Waals surface area contributed by atoms with Crippen LogP contribution in [0.5, 0.6) is 0 Å². The maximum atomic E-state index is 9.34. The molecule has 0 fully saturated rings. The largest absolute Gasteiger partial charge is 0.394 e. The van der Waals surface area contributed by atoms with Crippen molar-refractivity contribution in [1.29, 1.82) is 0 Å². The molecule has 80 valence electrons. The van der Waals surface area contributed by atoms with Gasteiger partial charge in [0.05, 0.1) is 18.8 Å². The fourth-order valence-corrected chi connectivity index (χ4v) is 1.05. The molecule has 0 radical (unpaired) electrons. The second-order valence-electron chi connectivity index (χ2n) is 3.47. The Morgan fingerprint density at radius 3 is 2.00 bits per heavy atom. The van der Waals surface area contributed by atoms with E-state index in [0.29, 0.717) is 6.54 Å². The smallest absolute Gasteiger partial charge is 0.103 e. The first-order valence-electron chi connectivity index (χ1n) is 4.27. The lowest BCUT2D eigenvalue weighted by Crippen LogP contribution is -2.36. The van der Waals surface area contributed by atoms with Crippen molar-refractivity contribution in [2.45, 2.75) is 24.7 Å². The summed E-state index contributed by atoms with van der Waals surface area (Å²) < 4.78 is 0. The number of hydrogen-bond acceptors (Lipinski definition) is 5. The summed E-state index contributed by atoms with van der Waals surface area (Å²) in [7, 11) is 3.61. The van der Waals surface area contributed by atoms with Crippen molar-refractivity contribution in [3.05, 3.63) is 0 Å². The molecule has 5 nitrogen and oxygen atoms in total. The van der Waals surface area contributed by atoms with Gasteiger partial charge in [0.2, 0.25) is 0 Å². The number of aliphatic hydroxyl groups is 4. The van der Waals surface area contributed by atoms with E-state index >= 15 is 0 Å².